The van der Waals surface area contributed by atoms with E-state index in [1.807, 2.05) is 6.92 Å². The lowest BCUT2D eigenvalue weighted by molar-refractivity contribution is 0.0783. The molecule has 4 heteroatoms. The van der Waals surface area contributed by atoms with Crippen LogP contribution in [-0.2, 0) is 4.74 Å². The van der Waals surface area contributed by atoms with Crippen molar-refractivity contribution in [1.82, 2.24) is 4.90 Å². The predicted octanol–water partition coefficient (Wildman–Crippen LogP) is -0.214. The van der Waals surface area contributed by atoms with Gasteiger partial charge in [-0.15, -0.1) is 0 Å². The first kappa shape index (κ1) is 7.34. The van der Waals surface area contributed by atoms with Crippen molar-refractivity contribution in [2.45, 2.75) is 12.5 Å². The highest BCUT2D eigenvalue weighted by Crippen LogP contribution is 2.18. The van der Waals surface area contributed by atoms with Gasteiger partial charge in [0.2, 0.25) is 0 Å². The number of cyclic esters (lactones) is 1. The fraction of sp³-hybridized carbons (Fsp3) is 0.833. The highest BCUT2D eigenvalue weighted by atomic mass is 16.6. The number of likely N-dealkylation sites (N-methyl/N-ethyl adjacent to an activating group) is 1. The SMILES string of the molecule is CN1CC(C)(CN)OC1=O. The molecule has 1 amide bonds. The molecule has 4 nitrogen and oxygen atoms in total. The van der Waals surface area contributed by atoms with E-state index in [0.717, 1.165) is 0 Å². The lowest BCUT2D eigenvalue weighted by Crippen LogP contribution is -2.38. The Morgan fingerprint density at radius 3 is 2.70 bits per heavy atom. The van der Waals surface area contributed by atoms with Gasteiger partial charge in [0.25, 0.3) is 0 Å². The summed E-state index contributed by atoms with van der Waals surface area (Å²) in [5, 5.41) is 0. The van der Waals surface area contributed by atoms with Crippen LogP contribution >= 0.6 is 0 Å². The molecule has 0 aliphatic carbocycles. The van der Waals surface area contributed by atoms with E-state index in [-0.39, 0.29) is 6.09 Å². The second kappa shape index (κ2) is 2.12. The van der Waals surface area contributed by atoms with Gasteiger partial charge < -0.3 is 15.4 Å². The molecule has 0 aromatic rings. The van der Waals surface area contributed by atoms with E-state index in [0.29, 0.717) is 13.1 Å². The van der Waals surface area contributed by atoms with Gasteiger partial charge in [-0.3, -0.25) is 0 Å². The van der Waals surface area contributed by atoms with E-state index < -0.39 is 5.60 Å². The Morgan fingerprint density at radius 2 is 2.50 bits per heavy atom. The predicted molar refractivity (Wildman–Crippen MR) is 36.6 cm³/mol. The first-order chi connectivity index (χ1) is 4.57. The van der Waals surface area contributed by atoms with E-state index in [1.54, 1.807) is 7.05 Å². The molecule has 2 N–H and O–H groups in total. The van der Waals surface area contributed by atoms with Crippen LogP contribution in [0, 0.1) is 0 Å². The summed E-state index contributed by atoms with van der Waals surface area (Å²) in [6.07, 6.45) is -0.284. The molecule has 10 heavy (non-hydrogen) atoms. The molecular weight excluding hydrogens is 132 g/mol. The van der Waals surface area contributed by atoms with Crippen molar-refractivity contribution in [3.8, 4) is 0 Å². The van der Waals surface area contributed by atoms with Gasteiger partial charge in [-0.25, -0.2) is 4.79 Å². The van der Waals surface area contributed by atoms with Gasteiger partial charge >= 0.3 is 6.09 Å². The molecule has 1 fully saturated rings. The second-order valence-electron chi connectivity index (χ2n) is 2.88. The molecule has 0 bridgehead atoms. The maximum Gasteiger partial charge on any atom is 0.410 e. The van der Waals surface area contributed by atoms with Crippen molar-refractivity contribution >= 4 is 6.09 Å². The Hall–Kier alpha value is -0.770. The molecule has 1 atom stereocenters. The topological polar surface area (TPSA) is 55.6 Å². The molecule has 1 unspecified atom stereocenters. The average molecular weight is 144 g/mol. The number of hydrogen-bond donors (Lipinski definition) is 1. The first-order valence-corrected chi connectivity index (χ1v) is 3.21. The highest BCUT2D eigenvalue weighted by molar-refractivity contribution is 5.70. The number of carbonyl (C=O) groups is 1. The van der Waals surface area contributed by atoms with E-state index in [4.69, 9.17) is 10.5 Å². The highest BCUT2D eigenvalue weighted by Gasteiger charge is 2.38. The normalized spacial score (nSPS) is 32.7. The maximum absolute atomic E-state index is 10.8. The van der Waals surface area contributed by atoms with Crippen molar-refractivity contribution in [3.05, 3.63) is 0 Å². The van der Waals surface area contributed by atoms with Gasteiger partial charge in [-0.1, -0.05) is 0 Å². The molecule has 1 aliphatic heterocycles. The van der Waals surface area contributed by atoms with Crippen LogP contribution < -0.4 is 5.73 Å². The maximum atomic E-state index is 10.8. The second-order valence-corrected chi connectivity index (χ2v) is 2.88. The molecule has 1 rings (SSSR count). The Kier molecular flexibility index (Phi) is 1.56. The number of rotatable bonds is 1. The first-order valence-electron chi connectivity index (χ1n) is 3.21. The zero-order valence-electron chi connectivity index (χ0n) is 6.26. The van der Waals surface area contributed by atoms with E-state index in [1.165, 1.54) is 4.90 Å². The van der Waals surface area contributed by atoms with Crippen LogP contribution in [0.5, 0.6) is 0 Å². The number of hydrogen-bond acceptors (Lipinski definition) is 3. The standard InChI is InChI=1S/C6H12N2O2/c1-6(3-7)4-8(2)5(9)10-6/h3-4,7H2,1-2H3. The minimum Gasteiger partial charge on any atom is -0.440 e. The summed E-state index contributed by atoms with van der Waals surface area (Å²) < 4.78 is 4.97. The number of amides is 1. The van der Waals surface area contributed by atoms with Crippen LogP contribution in [-0.4, -0.2) is 36.7 Å². The minimum absolute atomic E-state index is 0.284. The molecule has 0 saturated carbocycles. The van der Waals surface area contributed by atoms with Gasteiger partial charge in [0.1, 0.15) is 5.60 Å². The van der Waals surface area contributed by atoms with Crippen molar-refractivity contribution in [2.75, 3.05) is 20.1 Å². The molecule has 0 radical (unpaired) electrons. The quantitative estimate of drug-likeness (QED) is 0.553. The Balaban J connectivity index is 2.64. The lowest BCUT2D eigenvalue weighted by Gasteiger charge is -2.17. The minimum atomic E-state index is -0.466. The van der Waals surface area contributed by atoms with Crippen molar-refractivity contribution in [3.63, 3.8) is 0 Å². The fourth-order valence-corrected chi connectivity index (χ4v) is 0.993. The largest absolute Gasteiger partial charge is 0.440 e. The summed E-state index contributed by atoms with van der Waals surface area (Å²) in [7, 11) is 1.70. The molecule has 1 aliphatic rings. The number of ether oxygens (including phenoxy) is 1. The van der Waals surface area contributed by atoms with E-state index in [2.05, 4.69) is 0 Å². The van der Waals surface area contributed by atoms with Crippen molar-refractivity contribution in [1.29, 1.82) is 0 Å². The van der Waals surface area contributed by atoms with Crippen LogP contribution in [0.2, 0.25) is 0 Å². The summed E-state index contributed by atoms with van der Waals surface area (Å²) in [5.41, 5.74) is 4.92. The Morgan fingerprint density at radius 1 is 1.90 bits per heavy atom. The smallest absolute Gasteiger partial charge is 0.410 e. The van der Waals surface area contributed by atoms with Crippen LogP contribution in [0.3, 0.4) is 0 Å². The summed E-state index contributed by atoms with van der Waals surface area (Å²) in [5.74, 6) is 0. The monoisotopic (exact) mass is 144 g/mol. The number of nitrogens with zero attached hydrogens (tertiary/aromatic N) is 1. The summed E-state index contributed by atoms with van der Waals surface area (Å²) in [6, 6.07) is 0. The van der Waals surface area contributed by atoms with Crippen LogP contribution in [0.1, 0.15) is 6.92 Å². The van der Waals surface area contributed by atoms with Gasteiger partial charge in [-0.05, 0) is 6.92 Å². The Labute approximate surface area is 59.9 Å². The Bertz CT molecular complexity index is 160. The third-order valence-electron chi connectivity index (χ3n) is 1.65. The van der Waals surface area contributed by atoms with Crippen LogP contribution in [0.25, 0.3) is 0 Å². The lowest BCUT2D eigenvalue weighted by atomic mass is 10.1. The summed E-state index contributed by atoms with van der Waals surface area (Å²) in [4.78, 5) is 12.3. The molecule has 0 spiro atoms. The fourth-order valence-electron chi connectivity index (χ4n) is 0.993. The third-order valence-corrected chi connectivity index (χ3v) is 1.65. The molecule has 1 saturated heterocycles. The number of nitrogens with two attached hydrogens (primary N) is 1. The zero-order valence-corrected chi connectivity index (χ0v) is 6.26. The zero-order chi connectivity index (χ0) is 7.78. The van der Waals surface area contributed by atoms with Gasteiger partial charge in [0.15, 0.2) is 0 Å². The van der Waals surface area contributed by atoms with Crippen molar-refractivity contribution in [2.24, 2.45) is 5.73 Å². The van der Waals surface area contributed by atoms with Gasteiger partial charge in [0, 0.05) is 13.6 Å². The van der Waals surface area contributed by atoms with E-state index in [9.17, 15) is 4.79 Å². The van der Waals surface area contributed by atoms with E-state index >= 15 is 0 Å². The van der Waals surface area contributed by atoms with Gasteiger partial charge in [0.05, 0.1) is 6.54 Å². The molecular formula is C6H12N2O2. The molecule has 0 aromatic carbocycles. The molecule has 0 aromatic heterocycles. The summed E-state index contributed by atoms with van der Waals surface area (Å²) >= 11 is 0. The van der Waals surface area contributed by atoms with Crippen LogP contribution in [0.4, 0.5) is 4.79 Å². The average Bonchev–Trinajstić information content (AvgIpc) is 2.10. The van der Waals surface area contributed by atoms with Crippen molar-refractivity contribution < 1.29 is 9.53 Å². The molecule has 58 valence electrons. The third kappa shape index (κ3) is 1.07. The summed E-state index contributed by atoms with van der Waals surface area (Å²) in [6.45, 7) is 2.79. The van der Waals surface area contributed by atoms with Gasteiger partial charge in [-0.2, -0.15) is 0 Å². The molecule has 1 heterocycles. The number of carbonyl (C=O) groups excluding carboxylic acids is 1. The van der Waals surface area contributed by atoms with Crippen LogP contribution in [0.15, 0.2) is 0 Å².